The molecule has 0 aromatic heterocycles. The van der Waals surface area contributed by atoms with Gasteiger partial charge in [-0.1, -0.05) is 37.4 Å². The Morgan fingerprint density at radius 1 is 1.31 bits per heavy atom. The van der Waals surface area contributed by atoms with Gasteiger partial charge in [0.2, 0.25) is 0 Å². The van der Waals surface area contributed by atoms with Gasteiger partial charge in [0.25, 0.3) is 0 Å². The van der Waals surface area contributed by atoms with Crippen LogP contribution in [0.15, 0.2) is 18.2 Å². The van der Waals surface area contributed by atoms with E-state index in [1.807, 2.05) is 6.07 Å². The predicted octanol–water partition coefficient (Wildman–Crippen LogP) is 2.82. The molecule has 0 saturated heterocycles. The minimum atomic E-state index is 0.881. The summed E-state index contributed by atoms with van der Waals surface area (Å²) in [6.07, 6.45) is 5.02. The molecule has 0 fully saturated rings. The lowest BCUT2D eigenvalue weighted by Gasteiger charge is -2.05. The third-order valence-electron chi connectivity index (χ3n) is 2.12. The van der Waals surface area contributed by atoms with Crippen LogP contribution in [0.3, 0.4) is 0 Å². The monoisotopic (exact) mass is 284 g/mol. The molecule has 0 aliphatic carbocycles. The Labute approximate surface area is 95.7 Å². The summed E-state index contributed by atoms with van der Waals surface area (Å²) in [5.41, 5.74) is 2.28. The molecule has 1 aromatic carbocycles. The van der Waals surface area contributed by atoms with Crippen LogP contribution in [0.5, 0.6) is 0 Å². The molecule has 0 nitrogen and oxygen atoms in total. The molecule has 1 aromatic rings. The number of benzene rings is 1. The largest absolute Gasteiger partial charge is 0.113 e. The van der Waals surface area contributed by atoms with E-state index in [-0.39, 0.29) is 0 Å². The van der Waals surface area contributed by atoms with Gasteiger partial charge in [0, 0.05) is 3.57 Å². The van der Waals surface area contributed by atoms with Gasteiger partial charge in [-0.05, 0) is 47.1 Å². The Kier molecular flexibility index (Phi) is 4.85. The number of halogens is 1. The second kappa shape index (κ2) is 5.68. The normalized spacial score (nSPS) is 10.3. The SMILES string of the molecule is [B]c1ccc(I)c(CCCCC)c1. The summed E-state index contributed by atoms with van der Waals surface area (Å²) in [7, 11) is 5.73. The molecule has 0 saturated carbocycles. The van der Waals surface area contributed by atoms with Crippen molar-refractivity contribution in [3.63, 3.8) is 0 Å². The lowest BCUT2D eigenvalue weighted by molar-refractivity contribution is 0.716. The van der Waals surface area contributed by atoms with E-state index in [9.17, 15) is 0 Å². The molecule has 0 aliphatic heterocycles. The standard InChI is InChI=1S/C11H14BI/c1-2-3-4-5-9-8-10(12)6-7-11(9)13/h6-8H,2-5H2,1H3. The maximum Gasteiger partial charge on any atom is 0.113 e. The Bertz CT molecular complexity index is 271. The fraction of sp³-hybridized carbons (Fsp3) is 0.455. The zero-order chi connectivity index (χ0) is 9.68. The van der Waals surface area contributed by atoms with Crippen molar-refractivity contribution >= 4 is 35.9 Å². The highest BCUT2D eigenvalue weighted by Crippen LogP contribution is 2.13. The fourth-order valence-electron chi connectivity index (χ4n) is 1.35. The van der Waals surface area contributed by atoms with Crippen molar-refractivity contribution in [2.75, 3.05) is 0 Å². The third kappa shape index (κ3) is 3.71. The van der Waals surface area contributed by atoms with Crippen molar-refractivity contribution in [1.29, 1.82) is 0 Å². The zero-order valence-electron chi connectivity index (χ0n) is 8.02. The fourth-order valence-corrected chi connectivity index (χ4v) is 1.96. The number of hydrogen-bond donors (Lipinski definition) is 0. The van der Waals surface area contributed by atoms with E-state index in [0.717, 1.165) is 11.9 Å². The maximum absolute atomic E-state index is 5.73. The first-order valence-electron chi connectivity index (χ1n) is 4.78. The van der Waals surface area contributed by atoms with Crippen LogP contribution in [-0.2, 0) is 6.42 Å². The first kappa shape index (κ1) is 11.1. The summed E-state index contributed by atoms with van der Waals surface area (Å²) in [6, 6.07) is 6.15. The van der Waals surface area contributed by atoms with E-state index in [1.165, 1.54) is 28.4 Å². The second-order valence-corrected chi connectivity index (χ2v) is 4.47. The van der Waals surface area contributed by atoms with Crippen molar-refractivity contribution in [3.8, 4) is 0 Å². The molecule has 0 aliphatic rings. The van der Waals surface area contributed by atoms with E-state index in [1.54, 1.807) is 0 Å². The predicted molar refractivity (Wildman–Crippen MR) is 67.8 cm³/mol. The van der Waals surface area contributed by atoms with Gasteiger partial charge >= 0.3 is 0 Å². The van der Waals surface area contributed by atoms with E-state index in [2.05, 4.69) is 41.6 Å². The van der Waals surface area contributed by atoms with Crippen LogP contribution in [0.2, 0.25) is 0 Å². The average molecular weight is 284 g/mol. The van der Waals surface area contributed by atoms with E-state index < -0.39 is 0 Å². The molecule has 0 heterocycles. The Morgan fingerprint density at radius 2 is 2.08 bits per heavy atom. The van der Waals surface area contributed by atoms with Crippen LogP contribution < -0.4 is 5.46 Å². The highest BCUT2D eigenvalue weighted by molar-refractivity contribution is 14.1. The minimum Gasteiger partial charge on any atom is -0.0963 e. The Morgan fingerprint density at radius 3 is 2.77 bits per heavy atom. The van der Waals surface area contributed by atoms with Crippen LogP contribution in [-0.4, -0.2) is 7.85 Å². The lowest BCUT2D eigenvalue weighted by atomic mass is 9.93. The molecule has 1 rings (SSSR count). The lowest BCUT2D eigenvalue weighted by Crippen LogP contribution is -2.04. The minimum absolute atomic E-state index is 0.881. The first-order valence-corrected chi connectivity index (χ1v) is 5.86. The second-order valence-electron chi connectivity index (χ2n) is 3.31. The molecule has 2 heteroatoms. The molecular formula is C11H14BI. The van der Waals surface area contributed by atoms with Gasteiger partial charge in [0.05, 0.1) is 0 Å². The summed E-state index contributed by atoms with van der Waals surface area (Å²) >= 11 is 2.37. The maximum atomic E-state index is 5.73. The molecule has 0 N–H and O–H groups in total. The topological polar surface area (TPSA) is 0 Å². The molecule has 2 radical (unpaired) electrons. The van der Waals surface area contributed by atoms with Crippen molar-refractivity contribution in [2.24, 2.45) is 0 Å². The highest BCUT2D eigenvalue weighted by atomic mass is 127. The summed E-state index contributed by atoms with van der Waals surface area (Å²) in [5.74, 6) is 0. The third-order valence-corrected chi connectivity index (χ3v) is 3.17. The van der Waals surface area contributed by atoms with Crippen molar-refractivity contribution in [1.82, 2.24) is 0 Å². The van der Waals surface area contributed by atoms with Gasteiger partial charge in [-0.3, -0.25) is 0 Å². The van der Waals surface area contributed by atoms with Crippen molar-refractivity contribution < 1.29 is 0 Å². The van der Waals surface area contributed by atoms with Gasteiger partial charge in [-0.15, -0.1) is 0 Å². The zero-order valence-corrected chi connectivity index (χ0v) is 10.2. The van der Waals surface area contributed by atoms with E-state index in [0.29, 0.717) is 0 Å². The molecule has 0 spiro atoms. The van der Waals surface area contributed by atoms with Crippen LogP contribution in [0.4, 0.5) is 0 Å². The van der Waals surface area contributed by atoms with Crippen LogP contribution in [0.25, 0.3) is 0 Å². The van der Waals surface area contributed by atoms with Gasteiger partial charge in [-0.25, -0.2) is 0 Å². The number of rotatable bonds is 4. The number of hydrogen-bond acceptors (Lipinski definition) is 0. The van der Waals surface area contributed by atoms with Gasteiger partial charge < -0.3 is 0 Å². The summed E-state index contributed by atoms with van der Waals surface area (Å²) < 4.78 is 1.34. The van der Waals surface area contributed by atoms with Gasteiger partial charge in [-0.2, -0.15) is 0 Å². The summed E-state index contributed by atoms with van der Waals surface area (Å²) in [6.45, 7) is 2.23. The molecular weight excluding hydrogens is 270 g/mol. The van der Waals surface area contributed by atoms with Gasteiger partial charge in [0.15, 0.2) is 0 Å². The van der Waals surface area contributed by atoms with Crippen molar-refractivity contribution in [2.45, 2.75) is 32.6 Å². The molecule has 0 amide bonds. The Balaban J connectivity index is 2.59. The van der Waals surface area contributed by atoms with Crippen LogP contribution in [0, 0.1) is 3.57 Å². The van der Waals surface area contributed by atoms with Gasteiger partial charge in [0.1, 0.15) is 7.85 Å². The van der Waals surface area contributed by atoms with Crippen LogP contribution in [0.1, 0.15) is 31.7 Å². The molecule has 0 atom stereocenters. The average Bonchev–Trinajstić information content (AvgIpc) is 2.11. The Hall–Kier alpha value is 0.0149. The quantitative estimate of drug-likeness (QED) is 0.453. The molecule has 68 valence electrons. The van der Waals surface area contributed by atoms with Crippen molar-refractivity contribution in [3.05, 3.63) is 27.3 Å². The van der Waals surface area contributed by atoms with E-state index in [4.69, 9.17) is 7.85 Å². The number of unbranched alkanes of at least 4 members (excludes halogenated alkanes) is 2. The summed E-state index contributed by atoms with van der Waals surface area (Å²) in [5, 5.41) is 0. The number of aryl methyl sites for hydroxylation is 1. The first-order chi connectivity index (χ1) is 6.24. The molecule has 13 heavy (non-hydrogen) atoms. The van der Waals surface area contributed by atoms with Crippen LogP contribution >= 0.6 is 22.6 Å². The summed E-state index contributed by atoms with van der Waals surface area (Å²) in [4.78, 5) is 0. The smallest absolute Gasteiger partial charge is 0.0963 e. The molecule has 0 bridgehead atoms. The van der Waals surface area contributed by atoms with E-state index >= 15 is 0 Å². The molecule has 0 unspecified atom stereocenters. The highest BCUT2D eigenvalue weighted by Gasteiger charge is 1.98.